The van der Waals surface area contributed by atoms with Crippen LogP contribution in [0.1, 0.15) is 172 Å². The van der Waals surface area contributed by atoms with E-state index in [2.05, 4.69) is 33.6 Å². The summed E-state index contributed by atoms with van der Waals surface area (Å²) in [5.74, 6) is 2.13. The van der Waals surface area contributed by atoms with E-state index in [1.807, 2.05) is 98.7 Å². The van der Waals surface area contributed by atoms with Crippen LogP contribution in [0.3, 0.4) is 0 Å². The molecule has 0 aliphatic heterocycles. The van der Waals surface area contributed by atoms with Gasteiger partial charge in [0, 0.05) is 78.6 Å². The highest BCUT2D eigenvalue weighted by molar-refractivity contribution is 8.13. The zero-order valence-electron chi connectivity index (χ0n) is 45.4. The summed E-state index contributed by atoms with van der Waals surface area (Å²) in [4.78, 5) is 54.5. The Labute approximate surface area is 444 Å². The highest BCUT2D eigenvalue weighted by atomic mass is 35.7. The van der Waals surface area contributed by atoms with Crippen LogP contribution in [0.15, 0.2) is 145 Å². The first kappa shape index (κ1) is 58.5. The van der Waals surface area contributed by atoms with Crippen LogP contribution < -0.4 is 4.74 Å². The molecule has 0 aliphatic rings. The minimum absolute atomic E-state index is 0.135. The summed E-state index contributed by atoms with van der Waals surface area (Å²) in [6.45, 7) is 26.4. The molecule has 0 saturated carbocycles. The average Bonchev–Trinajstić information content (AvgIpc) is 3.35. The lowest BCUT2D eigenvalue weighted by Gasteiger charge is -2.42. The molecule has 5 rings (SSSR count). The van der Waals surface area contributed by atoms with Gasteiger partial charge in [-0.05, 0) is 89.4 Å². The van der Waals surface area contributed by atoms with Crippen molar-refractivity contribution in [1.29, 1.82) is 0 Å². The van der Waals surface area contributed by atoms with E-state index in [4.69, 9.17) is 31.3 Å². The summed E-state index contributed by atoms with van der Waals surface area (Å²) in [6.07, 6.45) is 8.75. The van der Waals surface area contributed by atoms with Crippen molar-refractivity contribution in [2.45, 2.75) is 130 Å². The van der Waals surface area contributed by atoms with E-state index in [0.717, 1.165) is 11.1 Å². The Kier molecular flexibility index (Phi) is 17.9. The van der Waals surface area contributed by atoms with Crippen molar-refractivity contribution in [3.63, 3.8) is 0 Å². The maximum atomic E-state index is 13.8. The van der Waals surface area contributed by atoms with Crippen LogP contribution in [0.5, 0.6) is 5.75 Å². The van der Waals surface area contributed by atoms with E-state index >= 15 is 0 Å². The van der Waals surface area contributed by atoms with Gasteiger partial charge in [-0.1, -0.05) is 158 Å². The molecule has 390 valence electrons. The van der Waals surface area contributed by atoms with Crippen LogP contribution in [-0.4, -0.2) is 61.2 Å². The van der Waals surface area contributed by atoms with E-state index in [1.54, 1.807) is 86.0 Å². The fourth-order valence-electron chi connectivity index (χ4n) is 7.76. The van der Waals surface area contributed by atoms with Gasteiger partial charge in [-0.3, -0.25) is 19.2 Å². The van der Waals surface area contributed by atoms with Gasteiger partial charge in [0.05, 0.1) is 17.8 Å². The Bertz CT molecular complexity index is 3070. The number of Topliss-reactive ketones (excluding diaryl/α,β-unsaturated/α-hetero) is 1. The molecule has 5 aromatic rings. The minimum atomic E-state index is -3.92. The summed E-state index contributed by atoms with van der Waals surface area (Å²) in [7, 11) is 3.33. The van der Waals surface area contributed by atoms with Gasteiger partial charge in [-0.25, -0.2) is 8.42 Å². The molecule has 11 heteroatoms. The predicted octanol–water partition coefficient (Wildman–Crippen LogP) is 14.0. The SMILES string of the molecule is C#CC/C(=C\C=C(/CCS(=O)(=O)Cl)C(=O)c1ccc(C(=O)c2ccc(C(C)(C)C(C)(C)Oc3ccc(C(=O)c4ccc(C(=O)c5ccc(C(C)(C)C(C)(C)OC)cc5)cc4)cc3)cc2)cc1)OC(C)(C)C(C)(C)C. The van der Waals surface area contributed by atoms with Gasteiger partial charge in [-0.15, -0.1) is 6.42 Å². The fourth-order valence-corrected chi connectivity index (χ4v) is 8.46. The standard InChI is InChI=1S/C63H71ClO9S/c1-16-17-52(72-61(9,10)58(2,3)4)37-32-49(40-41-74(64,69)70)57(68)45-24-22-43(23-25-45)55(66)47-28-35-51(36-29-47)60(7,8)63(13,14)73-53-38-30-48(31-39-53)56(67)44-20-18-42(19-21-44)54(65)46-26-33-50(34-27-46)59(5,6)62(11,12)71-15/h1,18-39H,17,40-41H2,2-15H3/b49-32+,52-37+. The van der Waals surface area contributed by atoms with Crippen molar-refractivity contribution in [3.8, 4) is 18.1 Å². The second kappa shape index (κ2) is 22.6. The molecule has 0 unspecified atom stereocenters. The molecule has 0 heterocycles. The second-order valence-electron chi connectivity index (χ2n) is 22.3. The zero-order valence-corrected chi connectivity index (χ0v) is 46.9. The molecule has 0 aliphatic carbocycles. The molecule has 0 amide bonds. The maximum absolute atomic E-state index is 13.8. The van der Waals surface area contributed by atoms with Crippen molar-refractivity contribution in [3.05, 3.63) is 195 Å². The van der Waals surface area contributed by atoms with Crippen molar-refractivity contribution in [1.82, 2.24) is 0 Å². The highest BCUT2D eigenvalue weighted by Gasteiger charge is 2.41. The van der Waals surface area contributed by atoms with Gasteiger partial charge in [0.2, 0.25) is 9.05 Å². The van der Waals surface area contributed by atoms with Crippen LogP contribution in [0, 0.1) is 17.8 Å². The number of methoxy groups -OCH3 is 1. The largest absolute Gasteiger partial charge is 0.491 e. The number of ketones is 4. The molecule has 74 heavy (non-hydrogen) atoms. The summed E-state index contributed by atoms with van der Waals surface area (Å²) < 4.78 is 42.5. The van der Waals surface area contributed by atoms with E-state index in [0.29, 0.717) is 44.9 Å². The highest BCUT2D eigenvalue weighted by Crippen LogP contribution is 2.40. The van der Waals surface area contributed by atoms with Gasteiger partial charge in [-0.2, -0.15) is 0 Å². The molecule has 0 spiro atoms. The van der Waals surface area contributed by atoms with Crippen molar-refractivity contribution < 1.29 is 41.8 Å². The lowest BCUT2D eigenvalue weighted by atomic mass is 9.71. The third-order valence-corrected chi connectivity index (χ3v) is 16.6. The molecule has 9 nitrogen and oxygen atoms in total. The number of allylic oxidation sites excluding steroid dienone is 4. The number of ether oxygens (including phenoxy) is 3. The van der Waals surface area contributed by atoms with Crippen LogP contribution in [0.2, 0.25) is 0 Å². The smallest absolute Gasteiger partial charge is 0.232 e. The molecule has 0 saturated heterocycles. The van der Waals surface area contributed by atoms with Crippen molar-refractivity contribution >= 4 is 42.9 Å². The van der Waals surface area contributed by atoms with Gasteiger partial charge in [0.25, 0.3) is 0 Å². The summed E-state index contributed by atoms with van der Waals surface area (Å²) in [6, 6.07) is 34.8. The molecule has 0 radical (unpaired) electrons. The van der Waals surface area contributed by atoms with Gasteiger partial charge in [0.1, 0.15) is 22.7 Å². The number of hydrogen-bond acceptors (Lipinski definition) is 9. The first-order valence-corrected chi connectivity index (χ1v) is 27.1. The van der Waals surface area contributed by atoms with E-state index in [9.17, 15) is 27.6 Å². The van der Waals surface area contributed by atoms with Crippen molar-refractivity contribution in [2.75, 3.05) is 12.9 Å². The van der Waals surface area contributed by atoms with Crippen LogP contribution in [0.25, 0.3) is 0 Å². The number of hydrogen-bond donors (Lipinski definition) is 0. The minimum Gasteiger partial charge on any atom is -0.491 e. The average molecular weight is 1040 g/mol. The van der Waals surface area contributed by atoms with E-state index < -0.39 is 42.8 Å². The topological polar surface area (TPSA) is 130 Å². The van der Waals surface area contributed by atoms with Crippen LogP contribution in [0.4, 0.5) is 0 Å². The number of rotatable bonds is 22. The molecule has 0 N–H and O–H groups in total. The maximum Gasteiger partial charge on any atom is 0.232 e. The lowest BCUT2D eigenvalue weighted by molar-refractivity contribution is -0.0536. The number of terminal acetylenes is 1. The molecular formula is C63H71ClO9S. The summed E-state index contributed by atoms with van der Waals surface area (Å²) in [5, 5.41) is 0. The Balaban J connectivity index is 1.24. The number of halogens is 1. The third kappa shape index (κ3) is 13.7. The van der Waals surface area contributed by atoms with Gasteiger partial charge in [0.15, 0.2) is 23.1 Å². The molecule has 0 atom stereocenters. The van der Waals surface area contributed by atoms with Gasteiger partial charge < -0.3 is 14.2 Å². The van der Waals surface area contributed by atoms with Crippen LogP contribution in [-0.2, 0) is 29.4 Å². The lowest BCUT2D eigenvalue weighted by Crippen LogP contribution is -2.47. The molecule has 5 aromatic carbocycles. The normalized spacial score (nSPS) is 13.2. The zero-order chi connectivity index (χ0) is 55.2. The number of benzene rings is 5. The Morgan fingerprint density at radius 1 is 0.527 bits per heavy atom. The Hall–Kier alpha value is -6.38. The van der Waals surface area contributed by atoms with E-state index in [-0.39, 0.29) is 52.2 Å². The number of carbonyl (C=O) groups is 4. The third-order valence-electron chi connectivity index (χ3n) is 15.4. The Morgan fingerprint density at radius 3 is 1.23 bits per heavy atom. The predicted molar refractivity (Wildman–Crippen MR) is 297 cm³/mol. The number of carbonyl (C=O) groups excluding carboxylic acids is 4. The molecular weight excluding hydrogens is 968 g/mol. The molecule has 0 bridgehead atoms. The first-order valence-electron chi connectivity index (χ1n) is 24.6. The summed E-state index contributed by atoms with van der Waals surface area (Å²) in [5.41, 5.74) is 2.28. The quantitative estimate of drug-likeness (QED) is 0.0166. The fraction of sp³-hybridized carbons (Fsp3) is 0.365. The van der Waals surface area contributed by atoms with Crippen LogP contribution >= 0.6 is 10.7 Å². The summed E-state index contributed by atoms with van der Waals surface area (Å²) >= 11 is 0. The van der Waals surface area contributed by atoms with E-state index in [1.165, 1.54) is 18.2 Å². The Morgan fingerprint density at radius 2 is 0.878 bits per heavy atom. The molecule has 0 aromatic heterocycles. The second-order valence-corrected chi connectivity index (χ2v) is 25.2. The monoisotopic (exact) mass is 1040 g/mol. The first-order chi connectivity index (χ1) is 34.2. The van der Waals surface area contributed by atoms with Gasteiger partial charge >= 0.3 is 0 Å². The molecule has 0 fully saturated rings. The van der Waals surface area contributed by atoms with Crippen molar-refractivity contribution in [2.24, 2.45) is 5.41 Å².